The number of ether oxygens (including phenoxy) is 3. The molecule has 4 rings (SSSR count). The molecule has 0 radical (unpaired) electrons. The van der Waals surface area contributed by atoms with Crippen LogP contribution in [0.25, 0.3) is 11.1 Å². The Morgan fingerprint density at radius 2 is 1.71 bits per heavy atom. The summed E-state index contributed by atoms with van der Waals surface area (Å²) in [4.78, 5) is 16.1. The number of piperidine rings is 1. The predicted octanol–water partition coefficient (Wildman–Crippen LogP) is 4.70. The highest BCUT2D eigenvalue weighted by Crippen LogP contribution is 2.42. The van der Waals surface area contributed by atoms with Crippen LogP contribution in [0.5, 0.6) is 11.5 Å². The van der Waals surface area contributed by atoms with E-state index < -0.39 is 5.41 Å². The van der Waals surface area contributed by atoms with Crippen LogP contribution in [0.4, 0.5) is 0 Å². The number of carbonyl (C=O) groups is 1. The topological polar surface area (TPSA) is 60.0 Å². The molecule has 0 aromatic heterocycles. The molecule has 2 aromatic carbocycles. The van der Waals surface area contributed by atoms with Crippen molar-refractivity contribution in [2.24, 2.45) is 5.41 Å². The average Bonchev–Trinajstić information content (AvgIpc) is 2.90. The molecule has 35 heavy (non-hydrogen) atoms. The normalized spacial score (nSPS) is 23.6. The van der Waals surface area contributed by atoms with Gasteiger partial charge in [0.2, 0.25) is 5.91 Å². The van der Waals surface area contributed by atoms with E-state index in [1.54, 1.807) is 21.3 Å². The van der Waals surface area contributed by atoms with Crippen LogP contribution in [0.15, 0.2) is 42.5 Å². The fraction of sp³-hybridized carbons (Fsp3) is 0.552. The fourth-order valence-electron chi connectivity index (χ4n) is 5.71. The number of rotatable bonds is 8. The molecule has 1 N–H and O–H groups in total. The highest BCUT2D eigenvalue weighted by Gasteiger charge is 2.42. The molecular formula is C29H40N2O4. The summed E-state index contributed by atoms with van der Waals surface area (Å²) >= 11 is 0. The zero-order valence-corrected chi connectivity index (χ0v) is 21.6. The third-order valence-electron chi connectivity index (χ3n) is 7.94. The van der Waals surface area contributed by atoms with E-state index in [0.717, 1.165) is 74.9 Å². The highest BCUT2D eigenvalue weighted by atomic mass is 16.5. The summed E-state index contributed by atoms with van der Waals surface area (Å²) in [7, 11) is 7.25. The summed E-state index contributed by atoms with van der Waals surface area (Å²) in [6, 6.07) is 14.7. The highest BCUT2D eigenvalue weighted by molar-refractivity contribution is 5.83. The van der Waals surface area contributed by atoms with Gasteiger partial charge in [0.1, 0.15) is 0 Å². The van der Waals surface area contributed by atoms with Gasteiger partial charge in [-0.1, -0.05) is 36.4 Å². The number of nitrogens with one attached hydrogen (secondary N) is 1. The molecule has 1 saturated heterocycles. The number of nitrogens with zero attached hydrogens (tertiary/aromatic N) is 1. The summed E-state index contributed by atoms with van der Waals surface area (Å²) in [5.74, 6) is 1.65. The van der Waals surface area contributed by atoms with E-state index in [0.29, 0.717) is 5.75 Å². The molecule has 1 heterocycles. The van der Waals surface area contributed by atoms with E-state index in [9.17, 15) is 4.79 Å². The van der Waals surface area contributed by atoms with Crippen molar-refractivity contribution in [3.8, 4) is 22.6 Å². The van der Waals surface area contributed by atoms with E-state index in [1.165, 1.54) is 5.56 Å². The molecule has 2 fully saturated rings. The Labute approximate surface area is 209 Å². The van der Waals surface area contributed by atoms with Crippen molar-refractivity contribution < 1.29 is 19.0 Å². The van der Waals surface area contributed by atoms with Gasteiger partial charge in [-0.25, -0.2) is 0 Å². The van der Waals surface area contributed by atoms with Crippen molar-refractivity contribution in [1.82, 2.24) is 10.2 Å². The maximum absolute atomic E-state index is 13.8. The summed E-state index contributed by atoms with van der Waals surface area (Å²) in [5.41, 5.74) is 2.81. The summed E-state index contributed by atoms with van der Waals surface area (Å²) in [6.07, 6.45) is 6.53. The van der Waals surface area contributed by atoms with Crippen molar-refractivity contribution in [3.63, 3.8) is 0 Å². The minimum atomic E-state index is -0.407. The number of benzene rings is 2. The van der Waals surface area contributed by atoms with Crippen LogP contribution in [0.2, 0.25) is 0 Å². The fourth-order valence-corrected chi connectivity index (χ4v) is 5.71. The van der Waals surface area contributed by atoms with E-state index in [1.807, 2.05) is 18.2 Å². The maximum atomic E-state index is 13.8. The Hall–Kier alpha value is -2.57. The summed E-state index contributed by atoms with van der Waals surface area (Å²) in [6.45, 7) is 2.07. The minimum absolute atomic E-state index is 0.214. The van der Waals surface area contributed by atoms with Gasteiger partial charge in [0.15, 0.2) is 11.5 Å². The van der Waals surface area contributed by atoms with Gasteiger partial charge in [-0.05, 0) is 82.3 Å². The van der Waals surface area contributed by atoms with Crippen molar-refractivity contribution in [2.45, 2.75) is 57.1 Å². The van der Waals surface area contributed by atoms with Gasteiger partial charge in [0, 0.05) is 18.7 Å². The van der Waals surface area contributed by atoms with Crippen LogP contribution in [0.3, 0.4) is 0 Å². The first-order chi connectivity index (χ1) is 17.0. The number of methoxy groups -OCH3 is 3. The molecule has 1 aliphatic carbocycles. The van der Waals surface area contributed by atoms with E-state index in [2.05, 4.69) is 41.5 Å². The number of para-hydroxylation sites is 1. The van der Waals surface area contributed by atoms with Gasteiger partial charge in [0.05, 0.1) is 25.7 Å². The molecule has 1 aliphatic heterocycles. The standard InChI is InChI=1S/C29H40N2O4/c1-31-17-13-23(14-18-31)30-28(32)29(15-11-24(33-2)12-16-29)20-21-7-5-8-22(19-21)25-9-6-10-26(34-3)27(25)35-4/h5-10,19,23-24H,11-18,20H2,1-4H3,(H,30,32). The van der Waals surface area contributed by atoms with Crippen LogP contribution >= 0.6 is 0 Å². The Morgan fingerprint density at radius 3 is 2.37 bits per heavy atom. The molecule has 6 heteroatoms. The third-order valence-corrected chi connectivity index (χ3v) is 7.94. The van der Waals surface area contributed by atoms with Crippen LogP contribution in [-0.2, 0) is 16.0 Å². The SMILES string of the molecule is COc1cccc(-c2cccc(CC3(C(=O)NC4CCN(C)CC4)CCC(OC)CC3)c2)c1OC. The first-order valence-corrected chi connectivity index (χ1v) is 12.8. The molecule has 190 valence electrons. The smallest absolute Gasteiger partial charge is 0.226 e. The first-order valence-electron chi connectivity index (χ1n) is 12.8. The van der Waals surface area contributed by atoms with Gasteiger partial charge in [-0.15, -0.1) is 0 Å². The van der Waals surface area contributed by atoms with Crippen molar-refractivity contribution in [1.29, 1.82) is 0 Å². The average molecular weight is 481 g/mol. The summed E-state index contributed by atoms with van der Waals surface area (Å²) in [5, 5.41) is 3.44. The van der Waals surface area contributed by atoms with Crippen molar-refractivity contribution >= 4 is 5.91 Å². The Kier molecular flexibility index (Phi) is 8.34. The molecular weight excluding hydrogens is 440 g/mol. The second-order valence-electron chi connectivity index (χ2n) is 10.2. The lowest BCUT2D eigenvalue weighted by Gasteiger charge is -2.40. The quantitative estimate of drug-likeness (QED) is 0.594. The lowest BCUT2D eigenvalue weighted by atomic mass is 9.68. The number of carbonyl (C=O) groups excluding carboxylic acids is 1. The van der Waals surface area contributed by atoms with Crippen LogP contribution in [0.1, 0.15) is 44.1 Å². The minimum Gasteiger partial charge on any atom is -0.493 e. The van der Waals surface area contributed by atoms with Crippen LogP contribution in [0, 0.1) is 5.41 Å². The Balaban J connectivity index is 1.59. The molecule has 0 atom stereocenters. The summed E-state index contributed by atoms with van der Waals surface area (Å²) < 4.78 is 16.8. The molecule has 0 unspecified atom stereocenters. The molecule has 2 aliphatic rings. The van der Waals surface area contributed by atoms with Crippen molar-refractivity contribution in [3.05, 3.63) is 48.0 Å². The molecule has 2 aromatic rings. The third kappa shape index (κ3) is 5.81. The molecule has 1 saturated carbocycles. The van der Waals surface area contributed by atoms with Crippen LogP contribution < -0.4 is 14.8 Å². The molecule has 0 bridgehead atoms. The van der Waals surface area contributed by atoms with E-state index >= 15 is 0 Å². The molecule has 6 nitrogen and oxygen atoms in total. The number of hydrogen-bond donors (Lipinski definition) is 1. The second kappa shape index (κ2) is 11.4. The van der Waals surface area contributed by atoms with Gasteiger partial charge in [-0.2, -0.15) is 0 Å². The van der Waals surface area contributed by atoms with Crippen LogP contribution in [-0.4, -0.2) is 64.4 Å². The Morgan fingerprint density at radius 1 is 1.00 bits per heavy atom. The largest absolute Gasteiger partial charge is 0.493 e. The number of hydrogen-bond acceptors (Lipinski definition) is 5. The second-order valence-corrected chi connectivity index (χ2v) is 10.2. The van der Waals surface area contributed by atoms with Gasteiger partial charge < -0.3 is 24.4 Å². The zero-order valence-electron chi connectivity index (χ0n) is 21.6. The molecule has 1 amide bonds. The number of likely N-dealkylation sites (tertiary alicyclic amines) is 1. The van der Waals surface area contributed by atoms with E-state index in [-0.39, 0.29) is 18.1 Å². The lowest BCUT2D eigenvalue weighted by molar-refractivity contribution is -0.135. The zero-order chi connectivity index (χ0) is 24.8. The van der Waals surface area contributed by atoms with E-state index in [4.69, 9.17) is 14.2 Å². The molecule has 0 spiro atoms. The lowest BCUT2D eigenvalue weighted by Crippen LogP contribution is -2.51. The first kappa shape index (κ1) is 25.5. The Bertz CT molecular complexity index is 992. The maximum Gasteiger partial charge on any atom is 0.226 e. The van der Waals surface area contributed by atoms with Gasteiger partial charge >= 0.3 is 0 Å². The van der Waals surface area contributed by atoms with Crippen molar-refractivity contribution in [2.75, 3.05) is 41.5 Å². The monoisotopic (exact) mass is 480 g/mol. The predicted molar refractivity (Wildman–Crippen MR) is 139 cm³/mol. The number of amides is 1. The van der Waals surface area contributed by atoms with Gasteiger partial charge in [-0.3, -0.25) is 4.79 Å². The van der Waals surface area contributed by atoms with Gasteiger partial charge in [0.25, 0.3) is 0 Å².